The number of H-pyrrole nitrogens is 1. The average Bonchev–Trinajstić information content (AvgIpc) is 3.09. The number of urea groups is 1. The molecule has 7 nitrogen and oxygen atoms in total. The lowest BCUT2D eigenvalue weighted by atomic mass is 10.0. The molecular weight excluding hydrogens is 368 g/mol. The van der Waals surface area contributed by atoms with Crippen LogP contribution in [-0.4, -0.2) is 30.4 Å². The maximum atomic E-state index is 12.7. The Morgan fingerprint density at radius 2 is 1.72 bits per heavy atom. The third-order valence-electron chi connectivity index (χ3n) is 4.36. The first-order valence-corrected chi connectivity index (χ1v) is 9.44. The topological polar surface area (TPSA) is 88.3 Å². The van der Waals surface area contributed by atoms with E-state index in [4.69, 9.17) is 9.47 Å². The van der Waals surface area contributed by atoms with Crippen LogP contribution in [0.25, 0.3) is 11.3 Å². The average molecular weight is 394 g/mol. The quantitative estimate of drug-likeness (QED) is 0.530. The first kappa shape index (κ1) is 20.3. The molecule has 1 aromatic heterocycles. The van der Waals surface area contributed by atoms with Crippen molar-refractivity contribution < 1.29 is 14.3 Å². The van der Waals surface area contributed by atoms with Crippen molar-refractivity contribution in [3.8, 4) is 22.8 Å². The number of carbonyl (C=O) groups is 1. The number of aromatic nitrogens is 2. The van der Waals surface area contributed by atoms with Gasteiger partial charge in [0.15, 0.2) is 0 Å². The molecular formula is C22H26N4O3. The highest BCUT2D eigenvalue weighted by atomic mass is 16.5. The zero-order valence-electron chi connectivity index (χ0n) is 17.1. The summed E-state index contributed by atoms with van der Waals surface area (Å²) in [7, 11) is 3.21. The molecule has 0 bridgehead atoms. The standard InChI is InChI=1S/C22H26N4O3/c1-14(2)11-19-21(20(26-25-19)15-7-5-9-17(12-15)28-3)24-22(27)23-16-8-6-10-18(13-16)29-4/h5-10,12-14H,11H2,1-4H3,(H,25,26)(H2,23,24,27). The Hall–Kier alpha value is -3.48. The molecule has 0 radical (unpaired) electrons. The number of benzene rings is 2. The van der Waals surface area contributed by atoms with Crippen LogP contribution in [0.15, 0.2) is 48.5 Å². The number of anilines is 2. The summed E-state index contributed by atoms with van der Waals surface area (Å²) in [5.41, 5.74) is 3.69. The maximum Gasteiger partial charge on any atom is 0.323 e. The van der Waals surface area contributed by atoms with Crippen molar-refractivity contribution in [2.24, 2.45) is 5.92 Å². The molecule has 1 heterocycles. The molecule has 2 amide bonds. The van der Waals surface area contributed by atoms with Crippen molar-refractivity contribution in [3.63, 3.8) is 0 Å². The van der Waals surface area contributed by atoms with Crippen LogP contribution in [0, 0.1) is 5.92 Å². The van der Waals surface area contributed by atoms with E-state index in [9.17, 15) is 4.79 Å². The van der Waals surface area contributed by atoms with Crippen LogP contribution < -0.4 is 20.1 Å². The Morgan fingerprint density at radius 1 is 1.03 bits per heavy atom. The fourth-order valence-corrected chi connectivity index (χ4v) is 3.02. The summed E-state index contributed by atoms with van der Waals surface area (Å²) in [6, 6.07) is 14.4. The summed E-state index contributed by atoms with van der Waals surface area (Å²) in [5, 5.41) is 13.3. The molecule has 0 aliphatic rings. The number of rotatable bonds is 7. The van der Waals surface area contributed by atoms with Crippen molar-refractivity contribution in [2.75, 3.05) is 24.9 Å². The fourth-order valence-electron chi connectivity index (χ4n) is 3.02. The second kappa shape index (κ2) is 9.14. The minimum atomic E-state index is -0.353. The van der Waals surface area contributed by atoms with Gasteiger partial charge in [0.05, 0.1) is 25.6 Å². The molecule has 152 valence electrons. The summed E-state index contributed by atoms with van der Waals surface area (Å²) in [6.07, 6.45) is 0.756. The van der Waals surface area contributed by atoms with Crippen molar-refractivity contribution in [2.45, 2.75) is 20.3 Å². The van der Waals surface area contributed by atoms with Gasteiger partial charge in [-0.2, -0.15) is 5.10 Å². The van der Waals surface area contributed by atoms with Gasteiger partial charge in [0.2, 0.25) is 0 Å². The highest BCUT2D eigenvalue weighted by Crippen LogP contribution is 2.32. The molecule has 0 aliphatic heterocycles. The van der Waals surface area contributed by atoms with Gasteiger partial charge in [0.25, 0.3) is 0 Å². The fraction of sp³-hybridized carbons (Fsp3) is 0.273. The highest BCUT2D eigenvalue weighted by molar-refractivity contribution is 6.02. The summed E-state index contributed by atoms with van der Waals surface area (Å²) in [6.45, 7) is 4.23. The van der Waals surface area contributed by atoms with Crippen LogP contribution in [0.2, 0.25) is 0 Å². The number of hydrogen-bond donors (Lipinski definition) is 3. The van der Waals surface area contributed by atoms with Gasteiger partial charge in [0, 0.05) is 17.3 Å². The van der Waals surface area contributed by atoms with Gasteiger partial charge >= 0.3 is 6.03 Å². The number of amides is 2. The number of aromatic amines is 1. The molecule has 3 rings (SSSR count). The van der Waals surface area contributed by atoms with Crippen molar-refractivity contribution in [1.82, 2.24) is 10.2 Å². The normalized spacial score (nSPS) is 10.7. The van der Waals surface area contributed by atoms with E-state index < -0.39 is 0 Å². The first-order valence-electron chi connectivity index (χ1n) is 9.44. The van der Waals surface area contributed by atoms with Gasteiger partial charge in [-0.05, 0) is 36.6 Å². The predicted octanol–water partition coefficient (Wildman–Crippen LogP) is 4.94. The van der Waals surface area contributed by atoms with Gasteiger partial charge in [-0.15, -0.1) is 0 Å². The van der Waals surface area contributed by atoms with E-state index in [0.717, 1.165) is 23.4 Å². The van der Waals surface area contributed by atoms with Crippen molar-refractivity contribution >= 4 is 17.4 Å². The second-order valence-electron chi connectivity index (χ2n) is 7.07. The molecule has 29 heavy (non-hydrogen) atoms. The van der Waals surface area contributed by atoms with Crippen LogP contribution in [0.1, 0.15) is 19.5 Å². The molecule has 2 aromatic carbocycles. The zero-order valence-corrected chi connectivity index (χ0v) is 17.1. The minimum Gasteiger partial charge on any atom is -0.497 e. The smallest absolute Gasteiger partial charge is 0.323 e. The molecule has 0 saturated heterocycles. The molecule has 3 N–H and O–H groups in total. The molecule has 0 unspecified atom stereocenters. The summed E-state index contributed by atoms with van der Waals surface area (Å²) in [4.78, 5) is 12.7. The Bertz CT molecular complexity index is 982. The molecule has 7 heteroatoms. The Kier molecular flexibility index (Phi) is 6.39. The lowest BCUT2D eigenvalue weighted by Crippen LogP contribution is -2.20. The molecule has 0 fully saturated rings. The van der Waals surface area contributed by atoms with Crippen LogP contribution in [0.5, 0.6) is 11.5 Å². The van der Waals surface area contributed by atoms with Gasteiger partial charge in [-0.25, -0.2) is 4.79 Å². The van der Waals surface area contributed by atoms with E-state index in [0.29, 0.717) is 28.7 Å². The van der Waals surface area contributed by atoms with Crippen molar-refractivity contribution in [3.05, 3.63) is 54.2 Å². The summed E-state index contributed by atoms with van der Waals surface area (Å²) in [5.74, 6) is 1.79. The number of hydrogen-bond acceptors (Lipinski definition) is 4. The zero-order chi connectivity index (χ0) is 20.8. The van der Waals surface area contributed by atoms with Gasteiger partial charge in [-0.1, -0.05) is 32.0 Å². The van der Waals surface area contributed by atoms with E-state index in [1.807, 2.05) is 36.4 Å². The SMILES string of the molecule is COc1cccc(NC(=O)Nc2c(-c3cccc(OC)c3)n[nH]c2CC(C)C)c1. The number of nitrogens with zero attached hydrogens (tertiary/aromatic N) is 1. The molecule has 0 aliphatic carbocycles. The van der Waals surface area contributed by atoms with Gasteiger partial charge in [-0.3, -0.25) is 5.10 Å². The largest absolute Gasteiger partial charge is 0.497 e. The van der Waals surface area contributed by atoms with E-state index in [1.165, 1.54) is 0 Å². The lowest BCUT2D eigenvalue weighted by Gasteiger charge is -2.12. The molecule has 3 aromatic rings. The predicted molar refractivity (Wildman–Crippen MR) is 115 cm³/mol. The molecule has 0 saturated carbocycles. The lowest BCUT2D eigenvalue weighted by molar-refractivity contribution is 0.262. The van der Waals surface area contributed by atoms with E-state index in [1.54, 1.807) is 26.4 Å². The summed E-state index contributed by atoms with van der Waals surface area (Å²) < 4.78 is 10.5. The van der Waals surface area contributed by atoms with E-state index >= 15 is 0 Å². The number of ether oxygens (including phenoxy) is 2. The Labute approximate surface area is 170 Å². The highest BCUT2D eigenvalue weighted by Gasteiger charge is 2.18. The Balaban J connectivity index is 1.89. The van der Waals surface area contributed by atoms with Gasteiger partial charge in [0.1, 0.15) is 17.2 Å². The maximum absolute atomic E-state index is 12.7. The van der Waals surface area contributed by atoms with E-state index in [2.05, 4.69) is 34.7 Å². The van der Waals surface area contributed by atoms with Crippen LogP contribution in [0.4, 0.5) is 16.2 Å². The van der Waals surface area contributed by atoms with Gasteiger partial charge < -0.3 is 20.1 Å². The third kappa shape index (κ3) is 5.07. The van der Waals surface area contributed by atoms with Crippen LogP contribution in [0.3, 0.4) is 0 Å². The minimum absolute atomic E-state index is 0.353. The Morgan fingerprint density at radius 3 is 2.41 bits per heavy atom. The van der Waals surface area contributed by atoms with E-state index in [-0.39, 0.29) is 6.03 Å². The summed E-state index contributed by atoms with van der Waals surface area (Å²) >= 11 is 0. The first-order chi connectivity index (χ1) is 14.0. The number of methoxy groups -OCH3 is 2. The molecule has 0 atom stereocenters. The number of carbonyl (C=O) groups excluding carboxylic acids is 1. The van der Waals surface area contributed by atoms with Crippen molar-refractivity contribution in [1.29, 1.82) is 0 Å². The van der Waals surface area contributed by atoms with Crippen LogP contribution >= 0.6 is 0 Å². The second-order valence-corrected chi connectivity index (χ2v) is 7.07. The number of nitrogens with one attached hydrogen (secondary N) is 3. The van der Waals surface area contributed by atoms with Crippen LogP contribution in [-0.2, 0) is 6.42 Å². The monoisotopic (exact) mass is 394 g/mol. The molecule has 0 spiro atoms. The third-order valence-corrected chi connectivity index (χ3v) is 4.36.